The third-order valence-corrected chi connectivity index (χ3v) is 16.2. The smallest absolute Gasteiger partial charge is 0.493 e. The summed E-state index contributed by atoms with van der Waals surface area (Å²) in [7, 11) is 0.249. The molecule has 4 aromatic carbocycles. The number of ether oxygens (including phenoxy) is 6. The second-order valence-electron chi connectivity index (χ2n) is 14.6. The summed E-state index contributed by atoms with van der Waals surface area (Å²) in [6, 6.07) is 28.9. The molecule has 302 valence electrons. The molecule has 0 bridgehead atoms. The number of carbonyl (C=O) groups is 2. The summed E-state index contributed by atoms with van der Waals surface area (Å²) in [6.45, 7) is 15.4. The Balaban J connectivity index is 0.00000504. The average molecular weight is 793 g/mol. The van der Waals surface area contributed by atoms with Crippen LogP contribution < -0.4 is 23.7 Å². The lowest BCUT2D eigenvalue weighted by molar-refractivity contribution is 0.120. The second kappa shape index (κ2) is 20.9. The minimum Gasteiger partial charge on any atom is -0.493 e. The first-order valence-electron chi connectivity index (χ1n) is 17.4. The first-order chi connectivity index (χ1) is 24.5. The molecular formula is C44H64O9Si2. The number of aryl methyl sites for hydroxylation is 2. The summed E-state index contributed by atoms with van der Waals surface area (Å²) in [5.74, 6) is 1.93. The van der Waals surface area contributed by atoms with Gasteiger partial charge in [-0.15, -0.1) is 0 Å². The van der Waals surface area contributed by atoms with E-state index in [1.165, 1.54) is 25.3 Å². The van der Waals surface area contributed by atoms with Crippen LogP contribution in [0.5, 0.6) is 28.7 Å². The Bertz CT molecular complexity index is 1820. The molecule has 0 radical (unpaired) electrons. The summed E-state index contributed by atoms with van der Waals surface area (Å²) < 4.78 is 38.7. The van der Waals surface area contributed by atoms with Crippen molar-refractivity contribution in [2.24, 2.45) is 0 Å². The molecule has 9 nitrogen and oxygen atoms in total. The van der Waals surface area contributed by atoms with Gasteiger partial charge in [0.25, 0.3) is 0 Å². The van der Waals surface area contributed by atoms with Crippen LogP contribution in [0.25, 0.3) is 0 Å². The van der Waals surface area contributed by atoms with Crippen molar-refractivity contribution < 1.29 is 42.1 Å². The topological polar surface area (TPSA) is 98.8 Å². The Kier molecular flexibility index (Phi) is 18.4. The van der Waals surface area contributed by atoms with Gasteiger partial charge < -0.3 is 32.5 Å². The molecule has 0 amide bonds. The van der Waals surface area contributed by atoms with Crippen LogP contribution in [0.1, 0.15) is 70.4 Å². The summed E-state index contributed by atoms with van der Waals surface area (Å²) in [5, 5.41) is 0. The molecule has 0 saturated heterocycles. The van der Waals surface area contributed by atoms with Gasteiger partial charge in [0.2, 0.25) is 0 Å². The van der Waals surface area contributed by atoms with Gasteiger partial charge in [0.1, 0.15) is 5.75 Å². The van der Waals surface area contributed by atoms with Crippen LogP contribution in [-0.2, 0) is 26.7 Å². The molecule has 4 aromatic rings. The maximum Gasteiger partial charge on any atom is 0.519 e. The molecule has 0 fully saturated rings. The van der Waals surface area contributed by atoms with Gasteiger partial charge in [0.15, 0.2) is 39.6 Å². The summed E-state index contributed by atoms with van der Waals surface area (Å²) >= 11 is 0. The van der Waals surface area contributed by atoms with Crippen LogP contribution in [0.2, 0.25) is 32.2 Å². The number of carbonyl (C=O) groups excluding carboxylic acids is 2. The highest BCUT2D eigenvalue weighted by Gasteiger charge is 2.33. The van der Waals surface area contributed by atoms with Crippen LogP contribution in [0.15, 0.2) is 84.9 Å². The van der Waals surface area contributed by atoms with E-state index in [-0.39, 0.29) is 27.7 Å². The Morgan fingerprint density at radius 1 is 0.600 bits per heavy atom. The molecule has 0 atom stereocenters. The van der Waals surface area contributed by atoms with Crippen molar-refractivity contribution in [2.45, 2.75) is 99.6 Å². The molecule has 0 aromatic heterocycles. The first-order valence-corrected chi connectivity index (χ1v) is 23.6. The van der Waals surface area contributed by atoms with E-state index < -0.39 is 28.9 Å². The second-order valence-corrected chi connectivity index (χ2v) is 23.4. The fraction of sp³-hybridized carbons (Fsp3) is 0.409. The van der Waals surface area contributed by atoms with Crippen LogP contribution in [-0.4, -0.2) is 50.3 Å². The number of methoxy groups -OCH3 is 3. The molecule has 0 unspecified atom stereocenters. The Morgan fingerprint density at radius 2 is 1.09 bits per heavy atom. The van der Waals surface area contributed by atoms with Crippen molar-refractivity contribution in [2.75, 3.05) is 21.3 Å². The molecule has 0 aliphatic heterocycles. The third kappa shape index (κ3) is 13.9. The normalized spacial score (nSPS) is 11.2. The molecular weight excluding hydrogens is 729 g/mol. The van der Waals surface area contributed by atoms with Gasteiger partial charge in [0, 0.05) is 5.41 Å². The van der Waals surface area contributed by atoms with Crippen molar-refractivity contribution in [3.8, 4) is 28.7 Å². The van der Waals surface area contributed by atoms with E-state index in [2.05, 4.69) is 76.0 Å². The predicted octanol–water partition coefficient (Wildman–Crippen LogP) is 12.1. The summed E-state index contributed by atoms with van der Waals surface area (Å²) in [4.78, 5) is 24.3. The van der Waals surface area contributed by atoms with E-state index >= 15 is 0 Å². The van der Waals surface area contributed by atoms with Gasteiger partial charge >= 0.3 is 12.3 Å². The Hall–Kier alpha value is -4.59. The largest absolute Gasteiger partial charge is 0.519 e. The minimum absolute atomic E-state index is 0. The van der Waals surface area contributed by atoms with Gasteiger partial charge in [-0.3, -0.25) is 0 Å². The minimum atomic E-state index is -2.10. The van der Waals surface area contributed by atoms with Crippen LogP contribution >= 0.6 is 0 Å². The van der Waals surface area contributed by atoms with E-state index in [0.29, 0.717) is 28.7 Å². The van der Waals surface area contributed by atoms with Crippen molar-refractivity contribution in [1.82, 2.24) is 0 Å². The fourth-order valence-electron chi connectivity index (χ4n) is 6.32. The highest BCUT2D eigenvalue weighted by Crippen LogP contribution is 2.34. The average Bonchev–Trinajstić information content (AvgIpc) is 3.09. The quantitative estimate of drug-likeness (QED) is 0.0662. The monoisotopic (exact) mass is 792 g/mol. The van der Waals surface area contributed by atoms with Crippen LogP contribution in [0.3, 0.4) is 0 Å². The highest BCUT2D eigenvalue weighted by atomic mass is 28.4. The van der Waals surface area contributed by atoms with E-state index in [1.54, 1.807) is 31.4 Å². The molecule has 0 aliphatic carbocycles. The summed E-state index contributed by atoms with van der Waals surface area (Å²) in [5.41, 5.74) is 5.46. The van der Waals surface area contributed by atoms with Crippen LogP contribution in [0.4, 0.5) is 9.59 Å². The van der Waals surface area contributed by atoms with Crippen molar-refractivity contribution >= 4 is 28.9 Å². The van der Waals surface area contributed by atoms with Crippen molar-refractivity contribution in [3.63, 3.8) is 0 Å². The van der Waals surface area contributed by atoms with E-state index in [0.717, 1.165) is 41.6 Å². The van der Waals surface area contributed by atoms with E-state index in [1.807, 2.05) is 36.4 Å². The fourth-order valence-corrected chi connectivity index (χ4v) is 15.2. The van der Waals surface area contributed by atoms with E-state index in [9.17, 15) is 9.59 Å². The van der Waals surface area contributed by atoms with Gasteiger partial charge in [-0.2, -0.15) is 0 Å². The molecule has 55 heavy (non-hydrogen) atoms. The zero-order chi connectivity index (χ0) is 38.1. The number of hydrogen-bond donors (Lipinski definition) is 0. The van der Waals surface area contributed by atoms with Gasteiger partial charge in [0.05, 0.1) is 21.3 Å². The zero-order valence-electron chi connectivity index (χ0n) is 32.1. The molecule has 0 N–H and O–H groups in total. The maximum absolute atomic E-state index is 12.7. The molecule has 0 heterocycles. The zero-order valence-corrected chi connectivity index (χ0v) is 34.1. The lowest BCUT2D eigenvalue weighted by Crippen LogP contribution is -2.46. The molecule has 0 aliphatic rings. The number of hydrogen-bond acceptors (Lipinski definition) is 9. The van der Waals surface area contributed by atoms with Crippen LogP contribution in [0, 0.1) is 6.92 Å². The van der Waals surface area contributed by atoms with Crippen molar-refractivity contribution in [1.29, 1.82) is 0 Å². The SMILES string of the molecule is C.C.C.COC(=O)Oc1ccc(C[Si](C)(C)O[Si](C)(C)CCCc2ccc(OC(=O)Oc3ccc(C(C)(C)c4ccc(C)cc4)cc3)c(OC)c2)cc1OC. The Morgan fingerprint density at radius 3 is 1.62 bits per heavy atom. The lowest BCUT2D eigenvalue weighted by atomic mass is 9.78. The summed E-state index contributed by atoms with van der Waals surface area (Å²) in [6.07, 6.45) is 0.139. The van der Waals surface area contributed by atoms with Gasteiger partial charge in [-0.05, 0) is 117 Å². The van der Waals surface area contributed by atoms with E-state index in [4.69, 9.17) is 27.8 Å². The molecule has 0 saturated carbocycles. The predicted molar refractivity (Wildman–Crippen MR) is 228 cm³/mol. The Labute approximate surface area is 332 Å². The molecule has 4 rings (SSSR count). The van der Waals surface area contributed by atoms with Crippen molar-refractivity contribution in [3.05, 3.63) is 113 Å². The number of rotatable bonds is 15. The standard InChI is InChI=1S/C41H52O9Si2.3CH4/c1-29-13-17-32(18-14-29)41(2,3)33-19-21-34(22-20-33)47-40(43)49-36-23-15-30(26-37(36)44-4)12-11-25-51(7,8)50-52(9,10)28-31-16-24-35(38(27-31)45-5)48-39(42)46-6;;;/h13-24,26-27H,11-12,25,28H2,1-10H3;3*1H4. The van der Waals surface area contributed by atoms with Gasteiger partial charge in [-0.1, -0.05) is 90.2 Å². The number of benzene rings is 4. The lowest BCUT2D eigenvalue weighted by Gasteiger charge is -2.34. The molecule has 0 spiro atoms. The van der Waals surface area contributed by atoms with Gasteiger partial charge in [-0.25, -0.2) is 9.59 Å². The highest BCUT2D eigenvalue weighted by molar-refractivity contribution is 6.84. The molecule has 11 heteroatoms. The maximum atomic E-state index is 12.7. The third-order valence-electron chi connectivity index (χ3n) is 8.99. The first kappa shape index (κ1) is 48.4.